The first-order valence-corrected chi connectivity index (χ1v) is 10.9. The number of nitrogens with one attached hydrogen (secondary N) is 2. The van der Waals surface area contributed by atoms with Crippen molar-refractivity contribution in [3.05, 3.63) is 60.2 Å². The molecule has 2 rings (SSSR count). The highest BCUT2D eigenvalue weighted by molar-refractivity contribution is 7.89. The number of benzene rings is 2. The Morgan fingerprint density at radius 3 is 2.31 bits per heavy atom. The molecule has 7 nitrogen and oxygen atoms in total. The van der Waals surface area contributed by atoms with Crippen molar-refractivity contribution in [1.29, 1.82) is 0 Å². The van der Waals surface area contributed by atoms with E-state index in [4.69, 9.17) is 9.47 Å². The molecule has 0 aliphatic carbocycles. The third-order valence-electron chi connectivity index (χ3n) is 4.15. The van der Waals surface area contributed by atoms with E-state index in [1.807, 2.05) is 37.3 Å². The van der Waals surface area contributed by atoms with E-state index < -0.39 is 22.0 Å². The quantitative estimate of drug-likeness (QED) is 0.581. The van der Waals surface area contributed by atoms with Crippen LogP contribution >= 0.6 is 0 Å². The molecule has 2 atom stereocenters. The maximum Gasteiger partial charge on any atom is 0.241 e. The molecule has 0 aromatic heterocycles. The molecule has 0 aliphatic heterocycles. The number of hydrogen-bond acceptors (Lipinski definition) is 5. The average molecular weight is 421 g/mol. The van der Waals surface area contributed by atoms with Gasteiger partial charge >= 0.3 is 0 Å². The lowest BCUT2D eigenvalue weighted by atomic mass is 10.1. The van der Waals surface area contributed by atoms with Crippen molar-refractivity contribution in [2.75, 3.05) is 20.3 Å². The molecule has 158 valence electrons. The van der Waals surface area contributed by atoms with Crippen molar-refractivity contribution in [2.45, 2.75) is 37.2 Å². The fourth-order valence-corrected chi connectivity index (χ4v) is 4.01. The minimum atomic E-state index is -3.90. The maximum atomic E-state index is 12.9. The van der Waals surface area contributed by atoms with Gasteiger partial charge in [-0.25, -0.2) is 8.42 Å². The molecule has 0 radical (unpaired) electrons. The van der Waals surface area contributed by atoms with Crippen LogP contribution in [0.5, 0.6) is 5.75 Å². The van der Waals surface area contributed by atoms with Crippen LogP contribution in [-0.2, 0) is 26.0 Å². The molecular formula is C21H28N2O5S. The maximum absolute atomic E-state index is 12.9. The fourth-order valence-electron chi connectivity index (χ4n) is 2.81. The SMILES string of the molecule is CCOc1ccc(S(=O)(=O)N[C@@H](Cc2ccccc2)C(=O)N[C@@H](C)COC)cc1. The van der Waals surface area contributed by atoms with Crippen LogP contribution in [0.4, 0.5) is 0 Å². The summed E-state index contributed by atoms with van der Waals surface area (Å²) in [6.07, 6.45) is 0.225. The number of carbonyl (C=O) groups excluding carboxylic acids is 1. The van der Waals surface area contributed by atoms with Gasteiger partial charge in [0.15, 0.2) is 0 Å². The van der Waals surface area contributed by atoms with Crippen LogP contribution in [0.1, 0.15) is 19.4 Å². The summed E-state index contributed by atoms with van der Waals surface area (Å²) in [5, 5.41) is 2.79. The molecule has 8 heteroatoms. The Morgan fingerprint density at radius 2 is 1.72 bits per heavy atom. The largest absolute Gasteiger partial charge is 0.494 e. The predicted octanol–water partition coefficient (Wildman–Crippen LogP) is 2.13. The number of methoxy groups -OCH3 is 1. The highest BCUT2D eigenvalue weighted by Crippen LogP contribution is 2.17. The molecule has 29 heavy (non-hydrogen) atoms. The summed E-state index contributed by atoms with van der Waals surface area (Å²) in [5.41, 5.74) is 0.849. The molecule has 0 unspecified atom stereocenters. The summed E-state index contributed by atoms with van der Waals surface area (Å²) >= 11 is 0. The second-order valence-electron chi connectivity index (χ2n) is 6.63. The molecule has 0 saturated carbocycles. The van der Waals surface area contributed by atoms with E-state index in [-0.39, 0.29) is 17.4 Å². The predicted molar refractivity (Wildman–Crippen MR) is 111 cm³/mol. The summed E-state index contributed by atoms with van der Waals surface area (Å²) < 4.78 is 38.6. The lowest BCUT2D eigenvalue weighted by molar-refractivity contribution is -0.123. The zero-order valence-electron chi connectivity index (χ0n) is 16.9. The first-order valence-electron chi connectivity index (χ1n) is 9.44. The van der Waals surface area contributed by atoms with Crippen LogP contribution in [0.2, 0.25) is 0 Å². The van der Waals surface area contributed by atoms with E-state index in [0.717, 1.165) is 5.56 Å². The second kappa shape index (κ2) is 10.9. The van der Waals surface area contributed by atoms with Crippen molar-refractivity contribution in [3.8, 4) is 5.75 Å². The third kappa shape index (κ3) is 7.16. The van der Waals surface area contributed by atoms with Crippen molar-refractivity contribution < 1.29 is 22.7 Å². The Bertz CT molecular complexity index is 870. The number of ether oxygens (including phenoxy) is 2. The zero-order chi connectivity index (χ0) is 21.3. The van der Waals surface area contributed by atoms with Gasteiger partial charge in [-0.3, -0.25) is 4.79 Å². The Balaban J connectivity index is 2.21. The second-order valence-corrected chi connectivity index (χ2v) is 8.35. The van der Waals surface area contributed by atoms with Gasteiger partial charge in [0.1, 0.15) is 11.8 Å². The standard InChI is InChI=1S/C21H28N2O5S/c1-4-28-18-10-12-19(13-11-18)29(25,26)23-20(14-17-8-6-5-7-9-17)21(24)22-16(2)15-27-3/h5-13,16,20,23H,4,14-15H2,1-3H3,(H,22,24)/t16-,20-/m0/s1. The van der Waals surface area contributed by atoms with Crippen molar-refractivity contribution >= 4 is 15.9 Å². The van der Waals surface area contributed by atoms with Gasteiger partial charge in [0, 0.05) is 13.2 Å². The molecule has 1 amide bonds. The van der Waals surface area contributed by atoms with E-state index >= 15 is 0 Å². The van der Waals surface area contributed by atoms with E-state index in [0.29, 0.717) is 19.0 Å². The van der Waals surface area contributed by atoms with Gasteiger partial charge < -0.3 is 14.8 Å². The van der Waals surface area contributed by atoms with Crippen LogP contribution in [0.3, 0.4) is 0 Å². The Hall–Kier alpha value is -2.42. The van der Waals surface area contributed by atoms with Gasteiger partial charge in [-0.05, 0) is 50.1 Å². The van der Waals surface area contributed by atoms with Gasteiger partial charge in [-0.1, -0.05) is 30.3 Å². The van der Waals surface area contributed by atoms with Crippen molar-refractivity contribution in [3.63, 3.8) is 0 Å². The van der Waals surface area contributed by atoms with Crippen LogP contribution in [-0.4, -0.2) is 46.7 Å². The first-order chi connectivity index (χ1) is 13.9. The molecule has 0 heterocycles. The van der Waals surface area contributed by atoms with Crippen LogP contribution in [0.25, 0.3) is 0 Å². The van der Waals surface area contributed by atoms with Gasteiger partial charge in [-0.15, -0.1) is 0 Å². The zero-order valence-corrected chi connectivity index (χ0v) is 17.7. The summed E-state index contributed by atoms with van der Waals surface area (Å²) in [6.45, 7) is 4.46. The Labute approximate surface area is 172 Å². The van der Waals surface area contributed by atoms with Gasteiger partial charge in [0.05, 0.1) is 18.1 Å². The average Bonchev–Trinajstić information content (AvgIpc) is 2.69. The Kier molecular flexibility index (Phi) is 8.63. The van der Waals surface area contributed by atoms with Gasteiger partial charge in [0.2, 0.25) is 15.9 Å². The number of carbonyl (C=O) groups is 1. The first kappa shape index (κ1) is 22.9. The Morgan fingerprint density at radius 1 is 1.07 bits per heavy atom. The topological polar surface area (TPSA) is 93.7 Å². The summed E-state index contributed by atoms with van der Waals surface area (Å²) in [7, 11) is -2.36. The molecular weight excluding hydrogens is 392 g/mol. The fraction of sp³-hybridized carbons (Fsp3) is 0.381. The van der Waals surface area contributed by atoms with Crippen LogP contribution < -0.4 is 14.8 Å². The highest BCUT2D eigenvalue weighted by Gasteiger charge is 2.27. The molecule has 0 bridgehead atoms. The molecule has 2 aromatic rings. The lowest BCUT2D eigenvalue weighted by Gasteiger charge is -2.21. The molecule has 2 aromatic carbocycles. The normalized spacial score (nSPS) is 13.5. The van der Waals surface area contributed by atoms with E-state index in [2.05, 4.69) is 10.0 Å². The van der Waals surface area contributed by atoms with Crippen LogP contribution in [0, 0.1) is 0 Å². The smallest absolute Gasteiger partial charge is 0.241 e. The summed E-state index contributed by atoms with van der Waals surface area (Å²) in [6, 6.07) is 14.1. The summed E-state index contributed by atoms with van der Waals surface area (Å²) in [5.74, 6) is 0.173. The minimum Gasteiger partial charge on any atom is -0.494 e. The monoisotopic (exact) mass is 420 g/mol. The molecule has 0 spiro atoms. The van der Waals surface area contributed by atoms with E-state index in [9.17, 15) is 13.2 Å². The summed E-state index contributed by atoms with van der Waals surface area (Å²) in [4.78, 5) is 12.8. The number of hydrogen-bond donors (Lipinski definition) is 2. The molecule has 0 aliphatic rings. The number of sulfonamides is 1. The molecule has 0 fully saturated rings. The molecule has 2 N–H and O–H groups in total. The lowest BCUT2D eigenvalue weighted by Crippen LogP contribution is -2.50. The third-order valence-corrected chi connectivity index (χ3v) is 5.63. The number of amides is 1. The van der Waals surface area contributed by atoms with Gasteiger partial charge in [-0.2, -0.15) is 4.72 Å². The minimum absolute atomic E-state index is 0.0664. The van der Waals surface area contributed by atoms with Crippen molar-refractivity contribution in [1.82, 2.24) is 10.0 Å². The number of rotatable bonds is 11. The van der Waals surface area contributed by atoms with E-state index in [1.54, 1.807) is 26.2 Å². The molecule has 0 saturated heterocycles. The van der Waals surface area contributed by atoms with Crippen LogP contribution in [0.15, 0.2) is 59.5 Å². The van der Waals surface area contributed by atoms with E-state index in [1.165, 1.54) is 12.1 Å². The highest BCUT2D eigenvalue weighted by atomic mass is 32.2. The van der Waals surface area contributed by atoms with Gasteiger partial charge in [0.25, 0.3) is 0 Å². The van der Waals surface area contributed by atoms with Crippen molar-refractivity contribution in [2.24, 2.45) is 0 Å².